The topological polar surface area (TPSA) is 87.6 Å². The molecular weight excluding hydrogens is 313 g/mol. The van der Waals surface area contributed by atoms with Crippen molar-refractivity contribution in [3.63, 3.8) is 0 Å². The lowest BCUT2D eigenvalue weighted by atomic mass is 10.1. The number of halogens is 1. The molecule has 0 aliphatic carbocycles. The van der Waals surface area contributed by atoms with Crippen molar-refractivity contribution in [1.29, 1.82) is 5.26 Å². The summed E-state index contributed by atoms with van der Waals surface area (Å²) >= 11 is 0. The van der Waals surface area contributed by atoms with Gasteiger partial charge in [0, 0.05) is 13.3 Å². The smallest absolute Gasteiger partial charge is 0.271 e. The number of aromatic nitrogens is 1. The van der Waals surface area contributed by atoms with Crippen molar-refractivity contribution in [2.24, 2.45) is 4.99 Å². The number of ether oxygens (including phenoxy) is 1. The van der Waals surface area contributed by atoms with Gasteiger partial charge in [-0.25, -0.2) is 4.39 Å². The quantitative estimate of drug-likeness (QED) is 0.852. The third-order valence-electron chi connectivity index (χ3n) is 3.55. The predicted molar refractivity (Wildman–Crippen MR) is 87.3 cm³/mol. The molecule has 2 rings (SSSR count). The number of nitrogens with zero attached hydrogens (tertiary/aromatic N) is 3. The van der Waals surface area contributed by atoms with Crippen molar-refractivity contribution >= 4 is 11.9 Å². The molecule has 0 atom stereocenters. The number of aliphatic imine (C=N–C) groups is 1. The number of aromatic hydroxyl groups is 1. The maximum Gasteiger partial charge on any atom is 0.271 e. The minimum atomic E-state index is -0.604. The summed E-state index contributed by atoms with van der Waals surface area (Å²) in [4.78, 5) is 16.3. The van der Waals surface area contributed by atoms with Crippen LogP contribution in [0.5, 0.6) is 5.88 Å². The molecule has 0 radical (unpaired) electrons. The van der Waals surface area contributed by atoms with Gasteiger partial charge in [-0.2, -0.15) is 5.26 Å². The molecule has 7 heteroatoms. The van der Waals surface area contributed by atoms with Gasteiger partial charge < -0.3 is 9.84 Å². The number of nitriles is 1. The molecule has 0 spiro atoms. The highest BCUT2D eigenvalue weighted by molar-refractivity contribution is 5.87. The van der Waals surface area contributed by atoms with Crippen LogP contribution in [0.4, 0.5) is 10.1 Å². The Bertz CT molecular complexity index is 882. The molecule has 0 aliphatic heterocycles. The monoisotopic (exact) mass is 329 g/mol. The van der Waals surface area contributed by atoms with Crippen molar-refractivity contribution in [2.45, 2.75) is 13.5 Å². The second kappa shape index (κ2) is 7.53. The second-order valence-electron chi connectivity index (χ2n) is 5.01. The average Bonchev–Trinajstić information content (AvgIpc) is 2.56. The third-order valence-corrected chi connectivity index (χ3v) is 3.55. The molecule has 1 heterocycles. The van der Waals surface area contributed by atoms with Gasteiger partial charge in [0.05, 0.1) is 24.4 Å². The first-order valence-corrected chi connectivity index (χ1v) is 7.15. The molecule has 2 aromatic rings. The van der Waals surface area contributed by atoms with Crippen molar-refractivity contribution < 1.29 is 14.2 Å². The number of methoxy groups -OCH3 is 1. The maximum absolute atomic E-state index is 13.6. The van der Waals surface area contributed by atoms with Crippen LogP contribution in [-0.2, 0) is 11.3 Å². The van der Waals surface area contributed by atoms with Crippen LogP contribution < -0.4 is 5.56 Å². The lowest BCUT2D eigenvalue weighted by Crippen LogP contribution is -2.26. The van der Waals surface area contributed by atoms with Gasteiger partial charge in [-0.3, -0.25) is 14.4 Å². The fraction of sp³-hybridized carbons (Fsp3) is 0.235. The van der Waals surface area contributed by atoms with Crippen LogP contribution in [0.15, 0.2) is 34.1 Å². The Labute approximate surface area is 138 Å². The minimum Gasteiger partial charge on any atom is -0.494 e. The Morgan fingerprint density at radius 2 is 2.17 bits per heavy atom. The average molecular weight is 329 g/mol. The van der Waals surface area contributed by atoms with E-state index in [4.69, 9.17) is 4.74 Å². The van der Waals surface area contributed by atoms with E-state index >= 15 is 0 Å². The summed E-state index contributed by atoms with van der Waals surface area (Å²) in [5.41, 5.74) is -0.143. The molecule has 0 bridgehead atoms. The van der Waals surface area contributed by atoms with Gasteiger partial charge in [0.2, 0.25) is 5.88 Å². The van der Waals surface area contributed by atoms with Gasteiger partial charge in [-0.15, -0.1) is 0 Å². The Balaban J connectivity index is 2.59. The fourth-order valence-corrected chi connectivity index (χ4v) is 2.21. The molecule has 0 amide bonds. The van der Waals surface area contributed by atoms with Crippen LogP contribution in [0.3, 0.4) is 0 Å². The molecule has 1 aromatic carbocycles. The maximum atomic E-state index is 13.6. The number of benzene rings is 1. The minimum absolute atomic E-state index is 0.0800. The molecule has 24 heavy (non-hydrogen) atoms. The van der Waals surface area contributed by atoms with Crippen LogP contribution in [-0.4, -0.2) is 29.6 Å². The highest BCUT2D eigenvalue weighted by Gasteiger charge is 2.17. The largest absolute Gasteiger partial charge is 0.494 e. The summed E-state index contributed by atoms with van der Waals surface area (Å²) in [6.45, 7) is 1.80. The number of rotatable bonds is 5. The lowest BCUT2D eigenvalue weighted by molar-refractivity contribution is 0.182. The second-order valence-corrected chi connectivity index (χ2v) is 5.01. The SMILES string of the molecule is COCCn1c(O)c(C=Nc2ccccc2F)c(C)c(C#N)c1=O. The van der Waals surface area contributed by atoms with E-state index < -0.39 is 11.4 Å². The van der Waals surface area contributed by atoms with Gasteiger partial charge in [-0.1, -0.05) is 12.1 Å². The predicted octanol–water partition coefficient (Wildman–Crippen LogP) is 2.27. The van der Waals surface area contributed by atoms with E-state index in [1.54, 1.807) is 6.07 Å². The Morgan fingerprint density at radius 3 is 2.79 bits per heavy atom. The molecule has 0 saturated heterocycles. The Kier molecular flexibility index (Phi) is 5.45. The standard InChI is InChI=1S/C17H16FN3O3/c1-11-12(9-19)16(22)21(7-8-24-2)17(23)13(11)10-20-15-6-4-3-5-14(15)18/h3-6,10,23H,7-8H2,1-2H3. The number of hydrogen-bond acceptors (Lipinski definition) is 5. The summed E-state index contributed by atoms with van der Waals surface area (Å²) in [6, 6.07) is 7.74. The zero-order chi connectivity index (χ0) is 17.7. The van der Waals surface area contributed by atoms with E-state index in [1.165, 1.54) is 38.4 Å². The van der Waals surface area contributed by atoms with E-state index in [1.807, 2.05) is 6.07 Å². The molecule has 0 unspecified atom stereocenters. The van der Waals surface area contributed by atoms with Crippen molar-refractivity contribution in [2.75, 3.05) is 13.7 Å². The van der Waals surface area contributed by atoms with Crippen molar-refractivity contribution in [3.8, 4) is 11.9 Å². The zero-order valence-electron chi connectivity index (χ0n) is 13.3. The molecule has 6 nitrogen and oxygen atoms in total. The lowest BCUT2D eigenvalue weighted by Gasteiger charge is -2.13. The summed E-state index contributed by atoms with van der Waals surface area (Å²) in [5.74, 6) is -0.854. The van der Waals surface area contributed by atoms with E-state index in [2.05, 4.69) is 4.99 Å². The van der Waals surface area contributed by atoms with Crippen LogP contribution in [0.25, 0.3) is 0 Å². The summed E-state index contributed by atoms with van der Waals surface area (Å²) in [7, 11) is 1.46. The first-order chi connectivity index (χ1) is 11.5. The van der Waals surface area contributed by atoms with Crippen LogP contribution in [0.2, 0.25) is 0 Å². The number of para-hydroxylation sites is 1. The van der Waals surface area contributed by atoms with Crippen LogP contribution in [0.1, 0.15) is 16.7 Å². The third kappa shape index (κ3) is 3.34. The fourth-order valence-electron chi connectivity index (χ4n) is 2.21. The molecule has 0 fully saturated rings. The van der Waals surface area contributed by atoms with E-state index in [9.17, 15) is 19.6 Å². The van der Waals surface area contributed by atoms with E-state index in [0.29, 0.717) is 0 Å². The van der Waals surface area contributed by atoms with Gasteiger partial charge in [0.1, 0.15) is 17.4 Å². The van der Waals surface area contributed by atoms with E-state index in [-0.39, 0.29) is 41.4 Å². The van der Waals surface area contributed by atoms with Gasteiger partial charge in [0.25, 0.3) is 5.56 Å². The first kappa shape index (κ1) is 17.4. The van der Waals surface area contributed by atoms with Crippen LogP contribution in [0, 0.1) is 24.1 Å². The van der Waals surface area contributed by atoms with Crippen molar-refractivity contribution in [1.82, 2.24) is 4.57 Å². The molecule has 0 saturated carbocycles. The molecule has 124 valence electrons. The number of hydrogen-bond donors (Lipinski definition) is 1. The zero-order valence-corrected chi connectivity index (χ0v) is 13.3. The van der Waals surface area contributed by atoms with Gasteiger partial charge >= 0.3 is 0 Å². The summed E-state index contributed by atoms with van der Waals surface area (Å²) in [6.07, 6.45) is 1.24. The molecule has 1 N–H and O–H groups in total. The van der Waals surface area contributed by atoms with Gasteiger partial charge in [-0.05, 0) is 24.6 Å². The number of pyridine rings is 1. The molecule has 1 aromatic heterocycles. The van der Waals surface area contributed by atoms with E-state index in [0.717, 1.165) is 4.57 Å². The molecular formula is C17H16FN3O3. The highest BCUT2D eigenvalue weighted by Crippen LogP contribution is 2.22. The molecule has 0 aliphatic rings. The van der Waals surface area contributed by atoms with Gasteiger partial charge in [0.15, 0.2) is 0 Å². The Morgan fingerprint density at radius 1 is 1.46 bits per heavy atom. The normalized spacial score (nSPS) is 10.9. The summed E-state index contributed by atoms with van der Waals surface area (Å²) in [5, 5.41) is 19.6. The van der Waals surface area contributed by atoms with Crippen LogP contribution >= 0.6 is 0 Å². The first-order valence-electron chi connectivity index (χ1n) is 7.15. The highest BCUT2D eigenvalue weighted by atomic mass is 19.1. The van der Waals surface area contributed by atoms with Crippen molar-refractivity contribution in [3.05, 3.63) is 57.1 Å². The summed E-state index contributed by atoms with van der Waals surface area (Å²) < 4.78 is 19.6. The Hall–Kier alpha value is -2.98.